The van der Waals surface area contributed by atoms with Gasteiger partial charge in [0, 0.05) is 12.6 Å². The van der Waals surface area contributed by atoms with E-state index in [0.717, 1.165) is 17.9 Å². The van der Waals surface area contributed by atoms with E-state index in [0.29, 0.717) is 11.5 Å². The van der Waals surface area contributed by atoms with Gasteiger partial charge in [-0.05, 0) is 6.92 Å². The summed E-state index contributed by atoms with van der Waals surface area (Å²) in [7, 11) is 0. The molecule has 0 bridgehead atoms. The monoisotopic (exact) mass is 189 g/mol. The van der Waals surface area contributed by atoms with Crippen molar-refractivity contribution in [1.82, 2.24) is 25.1 Å². The molecule has 0 radical (unpaired) electrons. The normalized spacial score (nSPS) is 10.4. The van der Waals surface area contributed by atoms with Crippen molar-refractivity contribution < 1.29 is 0 Å². The summed E-state index contributed by atoms with van der Waals surface area (Å²) < 4.78 is 0. The molecule has 0 unspecified atom stereocenters. The van der Waals surface area contributed by atoms with E-state index in [1.165, 1.54) is 0 Å². The van der Waals surface area contributed by atoms with E-state index in [1.54, 1.807) is 12.4 Å². The van der Waals surface area contributed by atoms with Crippen LogP contribution in [0.4, 0.5) is 0 Å². The minimum Gasteiger partial charge on any atom is -0.263 e. The summed E-state index contributed by atoms with van der Waals surface area (Å²) in [6.45, 7) is 3.91. The molecule has 1 N–H and O–H groups in total. The molecule has 0 aliphatic heterocycles. The maximum absolute atomic E-state index is 4.26. The Kier molecular flexibility index (Phi) is 2.22. The second-order valence-corrected chi connectivity index (χ2v) is 3.00. The zero-order valence-corrected chi connectivity index (χ0v) is 8.15. The third-order valence-electron chi connectivity index (χ3n) is 1.88. The van der Waals surface area contributed by atoms with E-state index < -0.39 is 0 Å². The van der Waals surface area contributed by atoms with Crippen molar-refractivity contribution in [3.05, 3.63) is 23.9 Å². The Labute approximate surface area is 81.6 Å². The minimum absolute atomic E-state index is 0.606. The summed E-state index contributed by atoms with van der Waals surface area (Å²) in [6, 6.07) is 0. The number of rotatable bonds is 2. The van der Waals surface area contributed by atoms with Crippen LogP contribution in [0.2, 0.25) is 0 Å². The molecule has 0 amide bonds. The Morgan fingerprint density at radius 3 is 2.71 bits per heavy atom. The van der Waals surface area contributed by atoms with Crippen LogP contribution in [-0.2, 0) is 6.42 Å². The molecule has 0 aliphatic carbocycles. The smallest absolute Gasteiger partial charge is 0.201 e. The maximum Gasteiger partial charge on any atom is 0.201 e. The molecular weight excluding hydrogens is 178 g/mol. The van der Waals surface area contributed by atoms with Crippen molar-refractivity contribution in [2.75, 3.05) is 0 Å². The quantitative estimate of drug-likeness (QED) is 0.769. The van der Waals surface area contributed by atoms with Crippen LogP contribution in [0.1, 0.15) is 18.4 Å². The van der Waals surface area contributed by atoms with Crippen molar-refractivity contribution >= 4 is 0 Å². The zero-order valence-electron chi connectivity index (χ0n) is 8.15. The molecule has 5 heteroatoms. The fourth-order valence-corrected chi connectivity index (χ4v) is 1.08. The average Bonchev–Trinajstić information content (AvgIpc) is 2.67. The van der Waals surface area contributed by atoms with Gasteiger partial charge in [0.05, 0.1) is 11.9 Å². The van der Waals surface area contributed by atoms with Crippen molar-refractivity contribution in [3.63, 3.8) is 0 Å². The number of hydrogen-bond donors (Lipinski definition) is 1. The number of nitrogens with one attached hydrogen (secondary N) is 1. The highest BCUT2D eigenvalue weighted by Crippen LogP contribution is 2.09. The fourth-order valence-electron chi connectivity index (χ4n) is 1.08. The Morgan fingerprint density at radius 2 is 2.14 bits per heavy atom. The number of aromatic amines is 1. The van der Waals surface area contributed by atoms with Crippen molar-refractivity contribution in [2.45, 2.75) is 20.3 Å². The lowest BCUT2D eigenvalue weighted by atomic mass is 10.4. The van der Waals surface area contributed by atoms with Crippen LogP contribution < -0.4 is 0 Å². The van der Waals surface area contributed by atoms with Gasteiger partial charge in [-0.2, -0.15) is 5.10 Å². The molecule has 72 valence electrons. The summed E-state index contributed by atoms with van der Waals surface area (Å²) in [5, 5.41) is 6.89. The summed E-state index contributed by atoms with van der Waals surface area (Å²) >= 11 is 0. The van der Waals surface area contributed by atoms with E-state index in [1.807, 2.05) is 13.8 Å². The van der Waals surface area contributed by atoms with Gasteiger partial charge in [-0.15, -0.1) is 0 Å². The zero-order chi connectivity index (χ0) is 9.97. The molecule has 14 heavy (non-hydrogen) atoms. The highest BCUT2D eigenvalue weighted by atomic mass is 15.2. The predicted octanol–water partition coefficient (Wildman–Crippen LogP) is 1.13. The largest absolute Gasteiger partial charge is 0.263 e. The highest BCUT2D eigenvalue weighted by molar-refractivity contribution is 5.46. The van der Waals surface area contributed by atoms with E-state index in [-0.39, 0.29) is 0 Å². The third-order valence-corrected chi connectivity index (χ3v) is 1.88. The van der Waals surface area contributed by atoms with Crippen LogP contribution in [-0.4, -0.2) is 25.1 Å². The lowest BCUT2D eigenvalue weighted by Crippen LogP contribution is -1.89. The topological polar surface area (TPSA) is 67.3 Å². The Balaban J connectivity index is 2.34. The van der Waals surface area contributed by atoms with Gasteiger partial charge in [-0.3, -0.25) is 10.1 Å². The number of aryl methyl sites for hydroxylation is 2. The van der Waals surface area contributed by atoms with Gasteiger partial charge in [0.1, 0.15) is 11.5 Å². The van der Waals surface area contributed by atoms with Crippen molar-refractivity contribution in [1.29, 1.82) is 0 Å². The number of nitrogens with zero attached hydrogens (tertiary/aromatic N) is 4. The SMILES string of the molecule is CCc1nc(-c2cnc(C)cn2)n[nH]1. The molecule has 2 heterocycles. The number of aromatic nitrogens is 5. The molecule has 2 aromatic rings. The summed E-state index contributed by atoms with van der Waals surface area (Å²) in [5.41, 5.74) is 1.59. The van der Waals surface area contributed by atoms with E-state index >= 15 is 0 Å². The van der Waals surface area contributed by atoms with E-state index in [9.17, 15) is 0 Å². The van der Waals surface area contributed by atoms with Gasteiger partial charge in [-0.25, -0.2) is 9.97 Å². The predicted molar refractivity (Wildman–Crippen MR) is 51.5 cm³/mol. The molecule has 0 aliphatic rings. The van der Waals surface area contributed by atoms with Gasteiger partial charge in [0.25, 0.3) is 0 Å². The second-order valence-electron chi connectivity index (χ2n) is 3.00. The Morgan fingerprint density at radius 1 is 1.29 bits per heavy atom. The third kappa shape index (κ3) is 1.61. The number of H-pyrrole nitrogens is 1. The Hall–Kier alpha value is -1.78. The van der Waals surface area contributed by atoms with Crippen LogP contribution in [0.15, 0.2) is 12.4 Å². The van der Waals surface area contributed by atoms with Gasteiger partial charge in [-0.1, -0.05) is 6.92 Å². The summed E-state index contributed by atoms with van der Waals surface area (Å²) in [4.78, 5) is 12.6. The van der Waals surface area contributed by atoms with E-state index in [4.69, 9.17) is 0 Å². The first kappa shape index (κ1) is 8.80. The maximum atomic E-state index is 4.26. The van der Waals surface area contributed by atoms with Crippen LogP contribution in [0.5, 0.6) is 0 Å². The van der Waals surface area contributed by atoms with Crippen LogP contribution >= 0.6 is 0 Å². The first-order valence-electron chi connectivity index (χ1n) is 4.50. The molecule has 0 aromatic carbocycles. The van der Waals surface area contributed by atoms with Crippen molar-refractivity contribution in [3.8, 4) is 11.5 Å². The highest BCUT2D eigenvalue weighted by Gasteiger charge is 2.05. The lowest BCUT2D eigenvalue weighted by molar-refractivity contribution is 0.946. The minimum atomic E-state index is 0.606. The first-order chi connectivity index (χ1) is 6.79. The van der Waals surface area contributed by atoms with Gasteiger partial charge >= 0.3 is 0 Å². The van der Waals surface area contributed by atoms with Gasteiger partial charge < -0.3 is 0 Å². The molecular formula is C9H11N5. The van der Waals surface area contributed by atoms with Crippen LogP contribution in [0.3, 0.4) is 0 Å². The molecule has 5 nitrogen and oxygen atoms in total. The first-order valence-corrected chi connectivity index (χ1v) is 4.50. The van der Waals surface area contributed by atoms with Crippen LogP contribution in [0, 0.1) is 6.92 Å². The summed E-state index contributed by atoms with van der Waals surface area (Å²) in [6.07, 6.45) is 4.22. The number of hydrogen-bond acceptors (Lipinski definition) is 4. The molecule has 0 atom stereocenters. The van der Waals surface area contributed by atoms with Gasteiger partial charge in [0.2, 0.25) is 5.82 Å². The molecule has 0 spiro atoms. The Bertz CT molecular complexity index is 417. The molecule has 0 fully saturated rings. The van der Waals surface area contributed by atoms with Crippen molar-refractivity contribution in [2.24, 2.45) is 0 Å². The lowest BCUT2D eigenvalue weighted by Gasteiger charge is -1.93. The molecule has 0 saturated heterocycles. The summed E-state index contributed by atoms with van der Waals surface area (Å²) in [5.74, 6) is 1.47. The van der Waals surface area contributed by atoms with E-state index in [2.05, 4.69) is 25.1 Å². The standard InChI is InChI=1S/C9H11N5/c1-3-8-12-9(14-13-8)7-5-10-6(2)4-11-7/h4-5H,3H2,1-2H3,(H,12,13,14). The fraction of sp³-hybridized carbons (Fsp3) is 0.333. The molecule has 2 rings (SSSR count). The second kappa shape index (κ2) is 3.53. The molecule has 0 saturated carbocycles. The van der Waals surface area contributed by atoms with Crippen LogP contribution in [0.25, 0.3) is 11.5 Å². The van der Waals surface area contributed by atoms with Gasteiger partial charge in [0.15, 0.2) is 0 Å². The average molecular weight is 189 g/mol. The molecule has 2 aromatic heterocycles.